The van der Waals surface area contributed by atoms with Crippen LogP contribution in [0.15, 0.2) is 6.07 Å². The molecule has 7 heteroatoms. The molecule has 2 rings (SSSR count). The third kappa shape index (κ3) is 2.89. The van der Waals surface area contributed by atoms with E-state index in [9.17, 15) is 0 Å². The number of piperazine rings is 1. The lowest BCUT2D eigenvalue weighted by molar-refractivity contribution is 0.138. The highest BCUT2D eigenvalue weighted by Gasteiger charge is 2.32. The molecule has 0 spiro atoms. The molecule has 1 aliphatic heterocycles. The summed E-state index contributed by atoms with van der Waals surface area (Å²) in [6, 6.07) is 1.67. The van der Waals surface area contributed by atoms with Crippen molar-refractivity contribution in [1.82, 2.24) is 9.88 Å². The van der Waals surface area contributed by atoms with Gasteiger partial charge in [-0.2, -0.15) is 0 Å². The zero-order chi connectivity index (χ0) is 14.2. The predicted octanol–water partition coefficient (Wildman–Crippen LogP) is 2.20. The van der Waals surface area contributed by atoms with Crippen LogP contribution < -0.4 is 16.2 Å². The number of hydrazine groups is 1. The van der Waals surface area contributed by atoms with Crippen molar-refractivity contribution in [2.45, 2.75) is 19.4 Å². The summed E-state index contributed by atoms with van der Waals surface area (Å²) in [5.41, 5.74) is 2.56. The number of nitrogens with two attached hydrogens (primary N) is 1. The molecule has 0 bridgehead atoms. The molecule has 5 nitrogen and oxygen atoms in total. The molecule has 0 saturated carbocycles. The van der Waals surface area contributed by atoms with Crippen molar-refractivity contribution in [2.75, 3.05) is 37.0 Å². The number of likely N-dealkylation sites (N-methyl/N-ethyl adjacent to an activating group) is 1. The van der Waals surface area contributed by atoms with Crippen LogP contribution in [0.25, 0.3) is 0 Å². The molecular formula is C12H19Cl2N5. The largest absolute Gasteiger partial charge is 0.352 e. The number of hydrogen-bond donors (Lipinski definition) is 2. The Labute approximate surface area is 123 Å². The van der Waals surface area contributed by atoms with Crippen LogP contribution in [0.5, 0.6) is 0 Å². The normalized spacial score (nSPS) is 19.6. The van der Waals surface area contributed by atoms with Gasteiger partial charge in [0.2, 0.25) is 0 Å². The molecule has 1 fully saturated rings. The average molecular weight is 304 g/mol. The van der Waals surface area contributed by atoms with Crippen molar-refractivity contribution in [3.63, 3.8) is 0 Å². The van der Waals surface area contributed by atoms with Gasteiger partial charge < -0.3 is 10.3 Å². The molecular weight excluding hydrogens is 285 g/mol. The Morgan fingerprint density at radius 2 is 2.00 bits per heavy atom. The summed E-state index contributed by atoms with van der Waals surface area (Å²) in [5.74, 6) is 6.57. The molecule has 1 saturated heterocycles. The van der Waals surface area contributed by atoms with Crippen molar-refractivity contribution in [3.8, 4) is 0 Å². The maximum atomic E-state index is 6.25. The molecule has 1 aliphatic rings. The van der Waals surface area contributed by atoms with E-state index in [0.29, 0.717) is 15.9 Å². The smallest absolute Gasteiger partial charge is 0.161 e. The minimum absolute atomic E-state index is 0.0687. The van der Waals surface area contributed by atoms with E-state index in [1.807, 2.05) is 0 Å². The number of nitrogens with zero attached hydrogens (tertiary/aromatic N) is 3. The minimum atomic E-state index is 0.0687. The van der Waals surface area contributed by atoms with E-state index in [-0.39, 0.29) is 5.54 Å². The maximum Gasteiger partial charge on any atom is 0.161 e. The van der Waals surface area contributed by atoms with Gasteiger partial charge in [-0.3, -0.25) is 4.90 Å². The van der Waals surface area contributed by atoms with Crippen LogP contribution >= 0.6 is 23.2 Å². The topological polar surface area (TPSA) is 57.4 Å². The van der Waals surface area contributed by atoms with Gasteiger partial charge in [0.25, 0.3) is 0 Å². The van der Waals surface area contributed by atoms with Crippen molar-refractivity contribution < 1.29 is 0 Å². The first kappa shape index (κ1) is 14.7. The fourth-order valence-corrected chi connectivity index (χ4v) is 2.73. The molecule has 2 heterocycles. The van der Waals surface area contributed by atoms with Crippen LogP contribution in [0.1, 0.15) is 13.8 Å². The van der Waals surface area contributed by atoms with Gasteiger partial charge in [0.1, 0.15) is 5.82 Å². The Morgan fingerprint density at radius 1 is 1.32 bits per heavy atom. The average Bonchev–Trinajstić information content (AvgIpc) is 2.33. The van der Waals surface area contributed by atoms with E-state index in [2.05, 4.69) is 41.1 Å². The first-order valence-electron chi connectivity index (χ1n) is 6.14. The van der Waals surface area contributed by atoms with Gasteiger partial charge in [-0.15, -0.1) is 0 Å². The molecule has 0 aliphatic carbocycles. The van der Waals surface area contributed by atoms with Crippen LogP contribution in [0.4, 0.5) is 11.6 Å². The monoisotopic (exact) mass is 303 g/mol. The van der Waals surface area contributed by atoms with Crippen LogP contribution in [0, 0.1) is 0 Å². The summed E-state index contributed by atoms with van der Waals surface area (Å²) in [6.45, 7) is 7.08. The second kappa shape index (κ2) is 5.32. The van der Waals surface area contributed by atoms with E-state index >= 15 is 0 Å². The van der Waals surface area contributed by atoms with E-state index in [1.54, 1.807) is 6.07 Å². The van der Waals surface area contributed by atoms with Crippen molar-refractivity contribution in [1.29, 1.82) is 0 Å². The van der Waals surface area contributed by atoms with Gasteiger partial charge in [0.15, 0.2) is 5.82 Å². The first-order chi connectivity index (χ1) is 8.85. The van der Waals surface area contributed by atoms with Crippen molar-refractivity contribution in [2.24, 2.45) is 5.84 Å². The molecule has 0 unspecified atom stereocenters. The van der Waals surface area contributed by atoms with Gasteiger partial charge in [0.05, 0.1) is 10.0 Å². The predicted molar refractivity (Wildman–Crippen MR) is 81.0 cm³/mol. The summed E-state index contributed by atoms with van der Waals surface area (Å²) in [5, 5.41) is 0.967. The number of halogens is 2. The number of pyridine rings is 1. The van der Waals surface area contributed by atoms with Crippen LogP contribution in [0.2, 0.25) is 10.0 Å². The highest BCUT2D eigenvalue weighted by atomic mass is 35.5. The third-order valence-corrected chi connectivity index (χ3v) is 4.23. The van der Waals surface area contributed by atoms with Gasteiger partial charge in [-0.1, -0.05) is 23.2 Å². The maximum absolute atomic E-state index is 6.25. The highest BCUT2D eigenvalue weighted by molar-refractivity contribution is 6.37. The Hall–Kier alpha value is -0.750. The number of hydrogen-bond acceptors (Lipinski definition) is 5. The van der Waals surface area contributed by atoms with Gasteiger partial charge in [-0.25, -0.2) is 10.8 Å². The number of nitrogens with one attached hydrogen (secondary N) is 1. The first-order valence-corrected chi connectivity index (χ1v) is 6.89. The SMILES string of the molecule is CN1CCN(c2nc(NN)c(Cl)cc2Cl)CC1(C)C. The molecule has 1 aromatic rings. The van der Waals surface area contributed by atoms with Crippen molar-refractivity contribution >= 4 is 34.8 Å². The fraction of sp³-hybridized carbons (Fsp3) is 0.583. The third-order valence-electron chi connectivity index (χ3n) is 3.66. The van der Waals surface area contributed by atoms with Crippen LogP contribution in [-0.2, 0) is 0 Å². The van der Waals surface area contributed by atoms with E-state index in [0.717, 1.165) is 25.5 Å². The molecule has 0 amide bonds. The molecule has 0 atom stereocenters. The molecule has 19 heavy (non-hydrogen) atoms. The molecule has 3 N–H and O–H groups in total. The van der Waals surface area contributed by atoms with Gasteiger partial charge in [-0.05, 0) is 27.0 Å². The van der Waals surface area contributed by atoms with E-state index in [4.69, 9.17) is 29.0 Å². The molecule has 1 aromatic heterocycles. The Balaban J connectivity index is 2.32. The van der Waals surface area contributed by atoms with Crippen LogP contribution in [0.3, 0.4) is 0 Å². The lowest BCUT2D eigenvalue weighted by atomic mass is 10.00. The second-order valence-electron chi connectivity index (χ2n) is 5.42. The van der Waals surface area contributed by atoms with Crippen LogP contribution in [-0.4, -0.2) is 42.1 Å². The Morgan fingerprint density at radius 3 is 2.58 bits per heavy atom. The minimum Gasteiger partial charge on any atom is -0.352 e. The highest BCUT2D eigenvalue weighted by Crippen LogP contribution is 2.33. The summed E-state index contributed by atoms with van der Waals surface area (Å²) >= 11 is 12.3. The lowest BCUT2D eigenvalue weighted by Crippen LogP contribution is -2.58. The van der Waals surface area contributed by atoms with Crippen molar-refractivity contribution in [3.05, 3.63) is 16.1 Å². The zero-order valence-corrected chi connectivity index (χ0v) is 12.9. The summed E-state index contributed by atoms with van der Waals surface area (Å²) < 4.78 is 0. The second-order valence-corrected chi connectivity index (χ2v) is 6.24. The molecule has 0 radical (unpaired) electrons. The number of nitrogen functional groups attached to an aromatic ring is 1. The fourth-order valence-electron chi connectivity index (χ4n) is 2.20. The van der Waals surface area contributed by atoms with E-state index < -0.39 is 0 Å². The molecule has 106 valence electrons. The summed E-state index contributed by atoms with van der Waals surface area (Å²) in [4.78, 5) is 8.91. The Bertz CT molecular complexity index is 477. The summed E-state index contributed by atoms with van der Waals surface area (Å²) in [6.07, 6.45) is 0. The zero-order valence-electron chi connectivity index (χ0n) is 11.4. The standard InChI is InChI=1S/C12H19Cl2N5/c1-12(2)7-19(5-4-18(12)3)11-9(14)6-8(13)10(16-11)17-15/h6H,4-5,7,15H2,1-3H3,(H,16,17). The molecule has 0 aromatic carbocycles. The van der Waals surface area contributed by atoms with Gasteiger partial charge in [0, 0.05) is 25.2 Å². The Kier molecular flexibility index (Phi) is 4.11. The number of anilines is 2. The number of rotatable bonds is 2. The van der Waals surface area contributed by atoms with Gasteiger partial charge >= 0.3 is 0 Å². The lowest BCUT2D eigenvalue weighted by Gasteiger charge is -2.46. The van der Waals surface area contributed by atoms with E-state index in [1.165, 1.54) is 0 Å². The number of aromatic nitrogens is 1. The summed E-state index contributed by atoms with van der Waals surface area (Å²) in [7, 11) is 2.13. The quantitative estimate of drug-likeness (QED) is 0.648.